The monoisotopic (exact) mass is 351 g/mol. The van der Waals surface area contributed by atoms with E-state index in [0.29, 0.717) is 5.82 Å². The number of para-hydroxylation sites is 2. The Bertz CT molecular complexity index is 1030. The molecular formula is C19H14FN3OS. The van der Waals surface area contributed by atoms with Gasteiger partial charge in [-0.05, 0) is 35.9 Å². The van der Waals surface area contributed by atoms with Crippen LogP contribution in [0, 0.1) is 5.82 Å². The summed E-state index contributed by atoms with van der Waals surface area (Å²) in [6.45, 7) is 0. The molecule has 2 aromatic heterocycles. The molecule has 2 heterocycles. The predicted molar refractivity (Wildman–Crippen MR) is 99.1 cm³/mol. The van der Waals surface area contributed by atoms with Gasteiger partial charge in [-0.25, -0.2) is 14.4 Å². The van der Waals surface area contributed by atoms with Crippen molar-refractivity contribution in [3.63, 3.8) is 0 Å². The number of methoxy groups -OCH3 is 1. The fourth-order valence-electron chi connectivity index (χ4n) is 2.58. The fraction of sp³-hybridized carbons (Fsp3) is 0.0526. The first-order chi connectivity index (χ1) is 12.2. The average molecular weight is 351 g/mol. The summed E-state index contributed by atoms with van der Waals surface area (Å²) >= 11 is 1.56. The van der Waals surface area contributed by atoms with Gasteiger partial charge in [-0.15, -0.1) is 11.3 Å². The van der Waals surface area contributed by atoms with Gasteiger partial charge in [0.2, 0.25) is 0 Å². The van der Waals surface area contributed by atoms with E-state index < -0.39 is 0 Å². The first kappa shape index (κ1) is 15.5. The van der Waals surface area contributed by atoms with Crippen LogP contribution in [0.2, 0.25) is 0 Å². The Balaban J connectivity index is 1.76. The van der Waals surface area contributed by atoms with E-state index in [1.807, 2.05) is 30.3 Å². The van der Waals surface area contributed by atoms with Gasteiger partial charge in [0.1, 0.15) is 17.9 Å². The lowest BCUT2D eigenvalue weighted by molar-refractivity contribution is 0.417. The Kier molecular flexibility index (Phi) is 4.03. The van der Waals surface area contributed by atoms with Crippen LogP contribution < -0.4 is 10.1 Å². The van der Waals surface area contributed by atoms with Crippen LogP contribution in [0.5, 0.6) is 5.75 Å². The molecule has 0 radical (unpaired) electrons. The van der Waals surface area contributed by atoms with Gasteiger partial charge in [0, 0.05) is 4.88 Å². The predicted octanol–water partition coefficient (Wildman–Crippen LogP) is 5.25. The summed E-state index contributed by atoms with van der Waals surface area (Å²) in [7, 11) is 1.63. The Morgan fingerprint density at radius 1 is 1.04 bits per heavy atom. The highest BCUT2D eigenvalue weighted by atomic mass is 32.1. The summed E-state index contributed by atoms with van der Waals surface area (Å²) in [6.07, 6.45) is 1.53. The highest BCUT2D eigenvalue weighted by Crippen LogP contribution is 2.37. The van der Waals surface area contributed by atoms with Gasteiger partial charge in [0.05, 0.1) is 23.0 Å². The highest BCUT2D eigenvalue weighted by Gasteiger charge is 2.12. The third kappa shape index (κ3) is 3.04. The SMILES string of the molecule is COc1ccccc1Nc1ncnc2cc(-c3ccc(F)cc3)sc12. The highest BCUT2D eigenvalue weighted by molar-refractivity contribution is 7.22. The number of thiophene rings is 1. The van der Waals surface area contributed by atoms with Gasteiger partial charge in [0.25, 0.3) is 0 Å². The van der Waals surface area contributed by atoms with Crippen molar-refractivity contribution in [2.24, 2.45) is 0 Å². The van der Waals surface area contributed by atoms with E-state index in [1.165, 1.54) is 18.5 Å². The summed E-state index contributed by atoms with van der Waals surface area (Å²) in [5, 5.41) is 3.31. The van der Waals surface area contributed by atoms with Crippen LogP contribution >= 0.6 is 11.3 Å². The zero-order chi connectivity index (χ0) is 17.2. The maximum absolute atomic E-state index is 13.1. The van der Waals surface area contributed by atoms with Crippen molar-refractivity contribution in [1.82, 2.24) is 9.97 Å². The normalized spacial score (nSPS) is 10.8. The number of halogens is 1. The molecule has 0 bridgehead atoms. The molecule has 0 aliphatic heterocycles. The molecule has 1 N–H and O–H groups in total. The van der Waals surface area contributed by atoms with Crippen LogP contribution in [-0.4, -0.2) is 17.1 Å². The molecule has 25 heavy (non-hydrogen) atoms. The van der Waals surface area contributed by atoms with Crippen LogP contribution in [0.1, 0.15) is 0 Å². The minimum absolute atomic E-state index is 0.247. The quantitative estimate of drug-likeness (QED) is 0.545. The molecule has 4 nitrogen and oxygen atoms in total. The molecule has 6 heteroatoms. The molecule has 0 aliphatic carbocycles. The van der Waals surface area contributed by atoms with E-state index in [1.54, 1.807) is 30.6 Å². The molecule has 0 saturated heterocycles. The lowest BCUT2D eigenvalue weighted by Gasteiger charge is -2.10. The Morgan fingerprint density at radius 3 is 2.64 bits per heavy atom. The number of benzene rings is 2. The van der Waals surface area contributed by atoms with Crippen molar-refractivity contribution < 1.29 is 9.13 Å². The summed E-state index contributed by atoms with van der Waals surface area (Å²) in [4.78, 5) is 9.73. The molecule has 124 valence electrons. The van der Waals surface area contributed by atoms with Gasteiger partial charge >= 0.3 is 0 Å². The van der Waals surface area contributed by atoms with E-state index in [9.17, 15) is 4.39 Å². The summed E-state index contributed by atoms with van der Waals surface area (Å²) in [5.74, 6) is 1.21. The van der Waals surface area contributed by atoms with Crippen LogP contribution in [0.4, 0.5) is 15.9 Å². The van der Waals surface area contributed by atoms with Crippen molar-refractivity contribution in [3.8, 4) is 16.2 Å². The van der Waals surface area contributed by atoms with Crippen molar-refractivity contribution >= 4 is 33.1 Å². The van der Waals surface area contributed by atoms with Crippen LogP contribution in [0.3, 0.4) is 0 Å². The molecule has 4 rings (SSSR count). The lowest BCUT2D eigenvalue weighted by Crippen LogP contribution is -1.96. The summed E-state index contributed by atoms with van der Waals surface area (Å²) in [5.41, 5.74) is 2.63. The van der Waals surface area contributed by atoms with Crippen molar-refractivity contribution in [1.29, 1.82) is 0 Å². The third-order valence-corrected chi connectivity index (χ3v) is 4.98. The van der Waals surface area contributed by atoms with E-state index in [0.717, 1.165) is 32.1 Å². The van der Waals surface area contributed by atoms with Gasteiger partial charge in [0.15, 0.2) is 5.82 Å². The fourth-order valence-corrected chi connectivity index (χ4v) is 3.64. The first-order valence-electron chi connectivity index (χ1n) is 7.65. The molecular weight excluding hydrogens is 337 g/mol. The number of ether oxygens (including phenoxy) is 1. The minimum atomic E-state index is -0.247. The first-order valence-corrected chi connectivity index (χ1v) is 8.47. The topological polar surface area (TPSA) is 47.0 Å². The van der Waals surface area contributed by atoms with Gasteiger partial charge in [-0.2, -0.15) is 0 Å². The number of anilines is 2. The molecule has 0 saturated carbocycles. The summed E-state index contributed by atoms with van der Waals surface area (Å²) < 4.78 is 19.5. The molecule has 0 unspecified atom stereocenters. The van der Waals surface area contributed by atoms with Crippen molar-refractivity contribution in [3.05, 3.63) is 66.7 Å². The molecule has 0 amide bonds. The van der Waals surface area contributed by atoms with E-state index >= 15 is 0 Å². The second-order valence-corrected chi connectivity index (χ2v) is 6.43. The number of hydrogen-bond donors (Lipinski definition) is 1. The number of rotatable bonds is 4. The number of nitrogens with one attached hydrogen (secondary N) is 1. The molecule has 0 spiro atoms. The standard InChI is InChI=1S/C19H14FN3OS/c1-24-16-5-3-2-4-14(16)23-19-18-15(21-11-22-19)10-17(25-18)12-6-8-13(20)9-7-12/h2-11H,1H3,(H,21,22,23). The molecule has 4 aromatic rings. The molecule has 2 aromatic carbocycles. The Labute approximate surface area is 148 Å². The number of hydrogen-bond acceptors (Lipinski definition) is 5. The maximum Gasteiger partial charge on any atom is 0.151 e. The molecule has 0 aliphatic rings. The van der Waals surface area contributed by atoms with Crippen LogP contribution in [0.25, 0.3) is 20.7 Å². The molecule has 0 fully saturated rings. The third-order valence-electron chi connectivity index (χ3n) is 3.80. The van der Waals surface area contributed by atoms with Gasteiger partial charge in [-0.1, -0.05) is 24.3 Å². The summed E-state index contributed by atoms with van der Waals surface area (Å²) in [6, 6.07) is 16.1. The van der Waals surface area contributed by atoms with E-state index in [2.05, 4.69) is 15.3 Å². The number of fused-ring (bicyclic) bond motifs is 1. The number of aromatic nitrogens is 2. The van der Waals surface area contributed by atoms with Crippen LogP contribution in [0.15, 0.2) is 60.9 Å². The van der Waals surface area contributed by atoms with Crippen molar-refractivity contribution in [2.45, 2.75) is 0 Å². The van der Waals surface area contributed by atoms with Gasteiger partial charge in [-0.3, -0.25) is 0 Å². The molecule has 0 atom stereocenters. The largest absolute Gasteiger partial charge is 0.495 e. The Morgan fingerprint density at radius 2 is 1.84 bits per heavy atom. The smallest absolute Gasteiger partial charge is 0.151 e. The van der Waals surface area contributed by atoms with E-state index in [-0.39, 0.29) is 5.82 Å². The zero-order valence-electron chi connectivity index (χ0n) is 13.4. The minimum Gasteiger partial charge on any atom is -0.495 e. The zero-order valence-corrected chi connectivity index (χ0v) is 14.2. The van der Waals surface area contributed by atoms with E-state index in [4.69, 9.17) is 4.74 Å². The van der Waals surface area contributed by atoms with Crippen LogP contribution in [-0.2, 0) is 0 Å². The Hall–Kier alpha value is -2.99. The lowest BCUT2D eigenvalue weighted by atomic mass is 10.2. The van der Waals surface area contributed by atoms with Crippen molar-refractivity contribution in [2.75, 3.05) is 12.4 Å². The average Bonchev–Trinajstić information content (AvgIpc) is 3.08. The number of nitrogens with zero attached hydrogens (tertiary/aromatic N) is 2. The maximum atomic E-state index is 13.1. The van der Waals surface area contributed by atoms with Gasteiger partial charge < -0.3 is 10.1 Å². The second kappa shape index (κ2) is 6.49. The second-order valence-electron chi connectivity index (χ2n) is 5.38.